The molecule has 1 heterocycles. The minimum atomic E-state index is 0.275. The Balaban J connectivity index is 2.83. The van der Waals surface area contributed by atoms with Crippen LogP contribution in [-0.4, -0.2) is 14.9 Å². The maximum Gasteiger partial charge on any atom is 0.209 e. The molecule has 0 atom stereocenters. The van der Waals surface area contributed by atoms with Crippen LogP contribution in [0.3, 0.4) is 0 Å². The summed E-state index contributed by atoms with van der Waals surface area (Å²) in [6, 6.07) is 1.74. The van der Waals surface area contributed by atoms with E-state index in [4.69, 9.17) is 0 Å². The minimum Gasteiger partial charge on any atom is -0.493 e. The van der Waals surface area contributed by atoms with Gasteiger partial charge < -0.3 is 5.11 Å². The molecule has 0 saturated heterocycles. The van der Waals surface area contributed by atoms with Crippen LogP contribution in [0.15, 0.2) is 6.07 Å². The molecule has 0 aliphatic heterocycles. The molecule has 3 nitrogen and oxygen atoms in total. The van der Waals surface area contributed by atoms with Crippen LogP contribution >= 0.6 is 0 Å². The summed E-state index contributed by atoms with van der Waals surface area (Å²) >= 11 is 0. The Labute approximate surface area is 79.4 Å². The van der Waals surface area contributed by atoms with Gasteiger partial charge in [0, 0.05) is 12.6 Å². The summed E-state index contributed by atoms with van der Waals surface area (Å²) in [5.74, 6) is 1.16. The Kier molecular flexibility index (Phi) is 2.96. The molecular formula is C10H18N2O. The summed E-state index contributed by atoms with van der Waals surface area (Å²) < 4.78 is 1.67. The molecule has 1 N–H and O–H groups in total. The van der Waals surface area contributed by atoms with Crippen molar-refractivity contribution >= 4 is 0 Å². The van der Waals surface area contributed by atoms with Crippen molar-refractivity contribution in [1.82, 2.24) is 9.78 Å². The Morgan fingerprint density at radius 2 is 2.00 bits per heavy atom. The number of nitrogens with zero attached hydrogens (tertiary/aromatic N) is 2. The smallest absolute Gasteiger partial charge is 0.209 e. The molecule has 0 saturated carbocycles. The quantitative estimate of drug-likeness (QED) is 0.779. The van der Waals surface area contributed by atoms with Gasteiger partial charge in [0.15, 0.2) is 0 Å². The van der Waals surface area contributed by atoms with Gasteiger partial charge in [0.05, 0.1) is 5.69 Å². The average Bonchev–Trinajstić information content (AvgIpc) is 2.31. The van der Waals surface area contributed by atoms with Crippen LogP contribution in [0.5, 0.6) is 5.88 Å². The van der Waals surface area contributed by atoms with Crippen molar-refractivity contribution < 1.29 is 5.11 Å². The standard InChI is InChI=1S/C10H18N2O/c1-7(2)6-12-10(13)5-9(11-12)8(3)4/h5,7-8,13H,6H2,1-4H3. The van der Waals surface area contributed by atoms with Gasteiger partial charge in [-0.2, -0.15) is 5.10 Å². The molecule has 0 fully saturated rings. The molecule has 0 radical (unpaired) electrons. The summed E-state index contributed by atoms with van der Waals surface area (Å²) in [4.78, 5) is 0. The molecule has 13 heavy (non-hydrogen) atoms. The van der Waals surface area contributed by atoms with Gasteiger partial charge in [-0.15, -0.1) is 0 Å². The first-order valence-corrected chi connectivity index (χ1v) is 4.77. The molecule has 1 aromatic rings. The topological polar surface area (TPSA) is 38.0 Å². The van der Waals surface area contributed by atoms with Crippen molar-refractivity contribution in [2.24, 2.45) is 5.92 Å². The van der Waals surface area contributed by atoms with Gasteiger partial charge >= 0.3 is 0 Å². The van der Waals surface area contributed by atoms with E-state index in [9.17, 15) is 5.11 Å². The maximum atomic E-state index is 9.53. The van der Waals surface area contributed by atoms with E-state index in [1.165, 1.54) is 0 Å². The van der Waals surface area contributed by atoms with Crippen molar-refractivity contribution in [3.05, 3.63) is 11.8 Å². The summed E-state index contributed by atoms with van der Waals surface area (Å²) in [6.07, 6.45) is 0. The van der Waals surface area contributed by atoms with E-state index in [1.54, 1.807) is 10.7 Å². The van der Waals surface area contributed by atoms with E-state index in [-0.39, 0.29) is 5.88 Å². The monoisotopic (exact) mass is 182 g/mol. The second-order valence-corrected chi connectivity index (χ2v) is 4.16. The van der Waals surface area contributed by atoms with Gasteiger partial charge in [0.1, 0.15) is 0 Å². The largest absolute Gasteiger partial charge is 0.493 e. The summed E-state index contributed by atoms with van der Waals surface area (Å²) in [6.45, 7) is 9.13. The third-order valence-corrected chi connectivity index (χ3v) is 1.91. The third kappa shape index (κ3) is 2.47. The zero-order valence-corrected chi connectivity index (χ0v) is 8.78. The van der Waals surface area contributed by atoms with Crippen molar-refractivity contribution in [3.8, 4) is 5.88 Å². The third-order valence-electron chi connectivity index (χ3n) is 1.91. The Morgan fingerprint density at radius 1 is 1.38 bits per heavy atom. The molecule has 0 spiro atoms. The fraction of sp³-hybridized carbons (Fsp3) is 0.700. The first-order valence-electron chi connectivity index (χ1n) is 4.77. The van der Waals surface area contributed by atoms with Crippen LogP contribution in [0.25, 0.3) is 0 Å². The Bertz CT molecular complexity index is 276. The number of hydrogen-bond donors (Lipinski definition) is 1. The molecule has 0 aromatic carbocycles. The second kappa shape index (κ2) is 3.81. The van der Waals surface area contributed by atoms with Gasteiger partial charge in [0.2, 0.25) is 5.88 Å². The van der Waals surface area contributed by atoms with E-state index in [1.807, 2.05) is 0 Å². The van der Waals surface area contributed by atoms with E-state index in [2.05, 4.69) is 32.8 Å². The molecule has 74 valence electrons. The minimum absolute atomic E-state index is 0.275. The highest BCUT2D eigenvalue weighted by atomic mass is 16.3. The lowest BCUT2D eigenvalue weighted by Gasteiger charge is -2.05. The fourth-order valence-electron chi connectivity index (χ4n) is 1.19. The van der Waals surface area contributed by atoms with Crippen LogP contribution < -0.4 is 0 Å². The van der Waals surface area contributed by atoms with E-state index in [0.29, 0.717) is 11.8 Å². The lowest BCUT2D eigenvalue weighted by atomic mass is 10.1. The van der Waals surface area contributed by atoms with Crippen LogP contribution in [0.1, 0.15) is 39.3 Å². The molecule has 0 amide bonds. The molecule has 1 rings (SSSR count). The van der Waals surface area contributed by atoms with Gasteiger partial charge in [-0.25, -0.2) is 4.68 Å². The maximum absolute atomic E-state index is 9.53. The van der Waals surface area contributed by atoms with Gasteiger partial charge in [-0.05, 0) is 11.8 Å². The lowest BCUT2D eigenvalue weighted by molar-refractivity contribution is 0.371. The van der Waals surface area contributed by atoms with Crippen LogP contribution in [0, 0.1) is 5.92 Å². The molecule has 0 aliphatic carbocycles. The molecule has 1 aromatic heterocycles. The fourth-order valence-corrected chi connectivity index (χ4v) is 1.19. The van der Waals surface area contributed by atoms with Crippen molar-refractivity contribution in [3.63, 3.8) is 0 Å². The number of aromatic nitrogens is 2. The van der Waals surface area contributed by atoms with Crippen LogP contribution in [0.2, 0.25) is 0 Å². The van der Waals surface area contributed by atoms with E-state index < -0.39 is 0 Å². The molecular weight excluding hydrogens is 164 g/mol. The first-order chi connectivity index (χ1) is 6.00. The van der Waals surface area contributed by atoms with E-state index >= 15 is 0 Å². The average molecular weight is 182 g/mol. The number of rotatable bonds is 3. The van der Waals surface area contributed by atoms with Crippen molar-refractivity contribution in [1.29, 1.82) is 0 Å². The van der Waals surface area contributed by atoms with Gasteiger partial charge in [0.25, 0.3) is 0 Å². The molecule has 3 heteroatoms. The van der Waals surface area contributed by atoms with Gasteiger partial charge in [-0.1, -0.05) is 27.7 Å². The highest BCUT2D eigenvalue weighted by molar-refractivity contribution is 5.16. The first kappa shape index (κ1) is 10.1. The lowest BCUT2D eigenvalue weighted by Crippen LogP contribution is -2.06. The highest BCUT2D eigenvalue weighted by Gasteiger charge is 2.09. The zero-order valence-electron chi connectivity index (χ0n) is 8.78. The van der Waals surface area contributed by atoms with Crippen LogP contribution in [-0.2, 0) is 6.54 Å². The second-order valence-electron chi connectivity index (χ2n) is 4.16. The van der Waals surface area contributed by atoms with Crippen molar-refractivity contribution in [2.75, 3.05) is 0 Å². The number of aromatic hydroxyl groups is 1. The molecule has 0 aliphatic rings. The molecule has 0 unspecified atom stereocenters. The number of hydrogen-bond acceptors (Lipinski definition) is 2. The van der Waals surface area contributed by atoms with Gasteiger partial charge in [-0.3, -0.25) is 0 Å². The summed E-state index contributed by atoms with van der Waals surface area (Å²) in [5, 5.41) is 13.8. The predicted molar refractivity (Wildman–Crippen MR) is 52.8 cm³/mol. The van der Waals surface area contributed by atoms with E-state index in [0.717, 1.165) is 12.2 Å². The summed E-state index contributed by atoms with van der Waals surface area (Å²) in [7, 11) is 0. The SMILES string of the molecule is CC(C)Cn1nc(C(C)C)cc1O. The normalized spacial score (nSPS) is 11.5. The zero-order chi connectivity index (χ0) is 10.0. The highest BCUT2D eigenvalue weighted by Crippen LogP contribution is 2.19. The predicted octanol–water partition coefficient (Wildman–Crippen LogP) is 2.37. The van der Waals surface area contributed by atoms with Crippen molar-refractivity contribution in [2.45, 2.75) is 40.2 Å². The Morgan fingerprint density at radius 3 is 2.38 bits per heavy atom. The summed E-state index contributed by atoms with van der Waals surface area (Å²) in [5.41, 5.74) is 0.957. The molecule has 0 bridgehead atoms. The Hall–Kier alpha value is -0.990. The van der Waals surface area contributed by atoms with Crippen LogP contribution in [0.4, 0.5) is 0 Å².